The third-order valence-electron chi connectivity index (χ3n) is 5.27. The molecule has 6 heteroatoms. The van der Waals surface area contributed by atoms with Crippen LogP contribution in [0.5, 0.6) is 0 Å². The van der Waals surface area contributed by atoms with Crippen molar-refractivity contribution in [2.45, 2.75) is 12.3 Å². The van der Waals surface area contributed by atoms with Crippen molar-refractivity contribution in [1.82, 2.24) is 14.8 Å². The largest absolute Gasteiger partial charge is 0.459 e. The SMILES string of the molecule is O=C(c1ccco1)N1CCN(C(=O)C(Cc2cccnc2)c2ccccc2)CC1. The van der Waals surface area contributed by atoms with Crippen molar-refractivity contribution in [2.75, 3.05) is 26.2 Å². The second-order valence-corrected chi connectivity index (χ2v) is 7.12. The van der Waals surface area contributed by atoms with E-state index in [1.165, 1.54) is 6.26 Å². The highest BCUT2D eigenvalue weighted by Crippen LogP contribution is 2.24. The predicted molar refractivity (Wildman–Crippen MR) is 108 cm³/mol. The number of carbonyl (C=O) groups excluding carboxylic acids is 2. The molecule has 1 unspecified atom stereocenters. The van der Waals surface area contributed by atoms with Gasteiger partial charge in [0, 0.05) is 38.6 Å². The van der Waals surface area contributed by atoms with Gasteiger partial charge in [-0.05, 0) is 35.7 Å². The zero-order valence-electron chi connectivity index (χ0n) is 16.1. The topological polar surface area (TPSA) is 66.7 Å². The molecule has 0 radical (unpaired) electrons. The molecule has 0 N–H and O–H groups in total. The Kier molecular flexibility index (Phi) is 5.70. The molecular weight excluding hydrogens is 366 g/mol. The molecule has 148 valence electrons. The van der Waals surface area contributed by atoms with Crippen molar-refractivity contribution in [1.29, 1.82) is 0 Å². The Labute approximate surface area is 169 Å². The van der Waals surface area contributed by atoms with Gasteiger partial charge in [0.05, 0.1) is 12.2 Å². The third-order valence-corrected chi connectivity index (χ3v) is 5.27. The van der Waals surface area contributed by atoms with Crippen LogP contribution in [0.15, 0.2) is 77.7 Å². The van der Waals surface area contributed by atoms with Gasteiger partial charge >= 0.3 is 0 Å². The minimum Gasteiger partial charge on any atom is -0.459 e. The molecule has 3 heterocycles. The molecule has 0 bridgehead atoms. The molecule has 0 spiro atoms. The van der Waals surface area contributed by atoms with E-state index in [0.717, 1.165) is 11.1 Å². The lowest BCUT2D eigenvalue weighted by Gasteiger charge is -2.36. The molecule has 1 aliphatic heterocycles. The van der Waals surface area contributed by atoms with E-state index in [1.54, 1.807) is 23.2 Å². The van der Waals surface area contributed by atoms with Crippen molar-refractivity contribution in [3.05, 3.63) is 90.1 Å². The average Bonchev–Trinajstić information content (AvgIpc) is 3.33. The Balaban J connectivity index is 1.46. The zero-order chi connectivity index (χ0) is 20.1. The maximum atomic E-state index is 13.4. The Morgan fingerprint density at radius 1 is 0.931 bits per heavy atom. The number of rotatable bonds is 5. The highest BCUT2D eigenvalue weighted by atomic mass is 16.3. The maximum Gasteiger partial charge on any atom is 0.289 e. The molecule has 29 heavy (non-hydrogen) atoms. The number of carbonyl (C=O) groups is 2. The first-order chi connectivity index (χ1) is 14.2. The van der Waals surface area contributed by atoms with Crippen molar-refractivity contribution >= 4 is 11.8 Å². The van der Waals surface area contributed by atoms with Crippen LogP contribution in [0.25, 0.3) is 0 Å². The van der Waals surface area contributed by atoms with Crippen LogP contribution < -0.4 is 0 Å². The van der Waals surface area contributed by atoms with Crippen molar-refractivity contribution in [3.63, 3.8) is 0 Å². The van der Waals surface area contributed by atoms with Gasteiger partial charge in [0.15, 0.2) is 5.76 Å². The first kappa shape index (κ1) is 18.9. The number of benzene rings is 1. The Hall–Kier alpha value is -3.41. The van der Waals surface area contributed by atoms with Crippen LogP contribution in [0.2, 0.25) is 0 Å². The smallest absolute Gasteiger partial charge is 0.289 e. The minimum atomic E-state index is -0.271. The number of hydrogen-bond acceptors (Lipinski definition) is 4. The fourth-order valence-electron chi connectivity index (χ4n) is 3.69. The van der Waals surface area contributed by atoms with E-state index in [2.05, 4.69) is 4.98 Å². The van der Waals surface area contributed by atoms with E-state index in [-0.39, 0.29) is 17.7 Å². The molecule has 6 nitrogen and oxygen atoms in total. The molecule has 1 aromatic carbocycles. The molecule has 2 amide bonds. The molecule has 0 saturated carbocycles. The summed E-state index contributed by atoms with van der Waals surface area (Å²) in [5.41, 5.74) is 2.02. The summed E-state index contributed by atoms with van der Waals surface area (Å²) in [5, 5.41) is 0. The van der Waals surface area contributed by atoms with Crippen LogP contribution in [-0.4, -0.2) is 52.8 Å². The quantitative estimate of drug-likeness (QED) is 0.673. The van der Waals surface area contributed by atoms with Crippen molar-refractivity contribution in [2.24, 2.45) is 0 Å². The van der Waals surface area contributed by atoms with Crippen molar-refractivity contribution in [3.8, 4) is 0 Å². The number of furan rings is 1. The summed E-state index contributed by atoms with van der Waals surface area (Å²) in [6.07, 6.45) is 5.64. The number of pyridine rings is 1. The van der Waals surface area contributed by atoms with Crippen molar-refractivity contribution < 1.29 is 14.0 Å². The molecule has 3 aromatic rings. The van der Waals surface area contributed by atoms with E-state index in [4.69, 9.17) is 4.42 Å². The van der Waals surface area contributed by atoms with E-state index in [0.29, 0.717) is 38.4 Å². The number of nitrogens with zero attached hydrogens (tertiary/aromatic N) is 3. The monoisotopic (exact) mass is 389 g/mol. The van der Waals surface area contributed by atoms with Gasteiger partial charge in [-0.25, -0.2) is 0 Å². The fourth-order valence-corrected chi connectivity index (χ4v) is 3.69. The summed E-state index contributed by atoms with van der Waals surface area (Å²) in [7, 11) is 0. The number of aromatic nitrogens is 1. The van der Waals surface area contributed by atoms with Gasteiger partial charge in [-0.3, -0.25) is 14.6 Å². The second-order valence-electron chi connectivity index (χ2n) is 7.12. The molecule has 1 atom stereocenters. The Morgan fingerprint density at radius 3 is 2.34 bits per heavy atom. The van der Waals surface area contributed by atoms with Crippen LogP contribution in [-0.2, 0) is 11.2 Å². The molecule has 2 aromatic heterocycles. The van der Waals surface area contributed by atoms with Crippen LogP contribution in [0.4, 0.5) is 0 Å². The number of amides is 2. The zero-order valence-corrected chi connectivity index (χ0v) is 16.1. The van der Waals surface area contributed by atoms with Gasteiger partial charge in [-0.2, -0.15) is 0 Å². The van der Waals surface area contributed by atoms with E-state index >= 15 is 0 Å². The summed E-state index contributed by atoms with van der Waals surface area (Å²) >= 11 is 0. The molecule has 1 saturated heterocycles. The van der Waals surface area contributed by atoms with Crippen LogP contribution in [0.3, 0.4) is 0 Å². The lowest BCUT2D eigenvalue weighted by Crippen LogP contribution is -2.51. The highest BCUT2D eigenvalue weighted by molar-refractivity contribution is 5.91. The first-order valence-corrected chi connectivity index (χ1v) is 9.78. The summed E-state index contributed by atoms with van der Waals surface area (Å²) < 4.78 is 5.21. The van der Waals surface area contributed by atoms with E-state index in [9.17, 15) is 9.59 Å². The van der Waals surface area contributed by atoms with Crippen LogP contribution >= 0.6 is 0 Å². The summed E-state index contributed by atoms with van der Waals surface area (Å²) in [5.74, 6) is 0.0264. The molecular formula is C23H23N3O3. The predicted octanol–water partition coefficient (Wildman–Crippen LogP) is 2.99. The van der Waals surface area contributed by atoms with Gasteiger partial charge < -0.3 is 14.2 Å². The lowest BCUT2D eigenvalue weighted by molar-refractivity contribution is -0.134. The normalized spacial score (nSPS) is 15.2. The third kappa shape index (κ3) is 4.37. The van der Waals surface area contributed by atoms with Gasteiger partial charge in [0.2, 0.25) is 5.91 Å². The summed E-state index contributed by atoms with van der Waals surface area (Å²) in [6.45, 7) is 2.03. The summed E-state index contributed by atoms with van der Waals surface area (Å²) in [4.78, 5) is 33.6. The molecule has 1 fully saturated rings. The van der Waals surface area contributed by atoms with Crippen LogP contribution in [0.1, 0.15) is 27.6 Å². The molecule has 4 rings (SSSR count). The lowest BCUT2D eigenvalue weighted by atomic mass is 9.91. The van der Waals surface area contributed by atoms with Gasteiger partial charge in [-0.15, -0.1) is 0 Å². The Morgan fingerprint density at radius 2 is 1.69 bits per heavy atom. The van der Waals surface area contributed by atoms with Crippen LogP contribution in [0, 0.1) is 0 Å². The van der Waals surface area contributed by atoms with E-state index in [1.807, 2.05) is 53.6 Å². The van der Waals surface area contributed by atoms with E-state index < -0.39 is 0 Å². The first-order valence-electron chi connectivity index (χ1n) is 9.78. The number of piperazine rings is 1. The van der Waals surface area contributed by atoms with Gasteiger partial charge in [-0.1, -0.05) is 36.4 Å². The Bertz CT molecular complexity index is 934. The summed E-state index contributed by atoms with van der Waals surface area (Å²) in [6, 6.07) is 17.1. The standard InChI is InChI=1S/C23H23N3O3/c27-22(25-11-13-26(14-12-25)23(28)21-9-5-15-29-21)20(19-7-2-1-3-8-19)16-18-6-4-10-24-17-18/h1-10,15,17,20H,11-14,16H2. The fraction of sp³-hybridized carbons (Fsp3) is 0.261. The van der Waals surface area contributed by atoms with Gasteiger partial charge in [0.1, 0.15) is 0 Å². The minimum absolute atomic E-state index is 0.0881. The number of hydrogen-bond donors (Lipinski definition) is 0. The average molecular weight is 389 g/mol. The molecule has 1 aliphatic rings. The molecule has 0 aliphatic carbocycles. The second kappa shape index (κ2) is 8.73. The van der Waals surface area contributed by atoms with Gasteiger partial charge in [0.25, 0.3) is 5.91 Å². The maximum absolute atomic E-state index is 13.4. The highest BCUT2D eigenvalue weighted by Gasteiger charge is 2.30.